The third kappa shape index (κ3) is 5.84. The fourth-order valence-electron chi connectivity index (χ4n) is 9.59. The maximum atomic E-state index is 6.61. The summed E-state index contributed by atoms with van der Waals surface area (Å²) in [5.74, 6) is 3.95. The fraction of sp³-hybridized carbons (Fsp3) is 0.154. The van der Waals surface area contributed by atoms with Gasteiger partial charge < -0.3 is 0 Å². The Balaban J connectivity index is 1.21. The number of rotatable bonds is 6. The van der Waals surface area contributed by atoms with Crippen molar-refractivity contribution in [1.29, 1.82) is 0 Å². The first kappa shape index (κ1) is 35.4. The maximum absolute atomic E-state index is 6.61. The molecular weight excluding hydrogens is 776 g/mol. The van der Waals surface area contributed by atoms with E-state index in [9.17, 15) is 0 Å². The van der Waals surface area contributed by atoms with Crippen molar-refractivity contribution >= 4 is 50.3 Å². The molecule has 2 aliphatic carbocycles. The Kier molecular flexibility index (Phi) is 8.77. The molecule has 2 aliphatic rings. The molecule has 56 heavy (non-hydrogen) atoms. The van der Waals surface area contributed by atoms with Gasteiger partial charge >= 0.3 is 340 Å². The molecule has 0 N–H and O–H groups in total. The minimum atomic E-state index is -2.69. The molecule has 0 spiro atoms. The van der Waals surface area contributed by atoms with E-state index in [0.29, 0.717) is 7.25 Å². The summed E-state index contributed by atoms with van der Waals surface area (Å²) in [7, 11) is 0. The van der Waals surface area contributed by atoms with Crippen LogP contribution >= 0.6 is 0 Å². The molecule has 0 saturated heterocycles. The Hall–Kier alpha value is -5.02. The Morgan fingerprint density at radius 1 is 0.464 bits per heavy atom. The van der Waals surface area contributed by atoms with Gasteiger partial charge in [-0.25, -0.2) is 0 Å². The monoisotopic (exact) mass is 818 g/mol. The molecule has 0 radical (unpaired) electrons. The van der Waals surface area contributed by atoms with Crippen LogP contribution in [0.3, 0.4) is 0 Å². The Bertz CT molecular complexity index is 2800. The molecule has 0 fully saturated rings. The molecule has 4 heteroatoms. The summed E-state index contributed by atoms with van der Waals surface area (Å²) < 4.78 is 13.9. The first-order valence-electron chi connectivity index (χ1n) is 19.7. The number of benzene rings is 6. The molecule has 0 bridgehead atoms. The zero-order chi connectivity index (χ0) is 38.2. The van der Waals surface area contributed by atoms with Crippen LogP contribution in [0.15, 0.2) is 142 Å². The van der Waals surface area contributed by atoms with E-state index in [4.69, 9.17) is 8.83 Å². The van der Waals surface area contributed by atoms with Gasteiger partial charge in [0.15, 0.2) is 0 Å². The van der Waals surface area contributed by atoms with Crippen LogP contribution in [0.1, 0.15) is 63.7 Å². The minimum absolute atomic E-state index is 0.322. The molecule has 2 unspecified atom stereocenters. The van der Waals surface area contributed by atoms with Gasteiger partial charge in [0.2, 0.25) is 0 Å². The van der Waals surface area contributed by atoms with Crippen LogP contribution in [-0.4, -0.2) is 5.43 Å². The van der Waals surface area contributed by atoms with E-state index >= 15 is 0 Å². The van der Waals surface area contributed by atoms with Crippen molar-refractivity contribution in [3.8, 4) is 22.3 Å². The fourth-order valence-corrected chi connectivity index (χ4v) is 29.4. The summed E-state index contributed by atoms with van der Waals surface area (Å²) in [6, 6.07) is 49.8. The second-order valence-electron chi connectivity index (χ2n) is 16.0. The summed E-state index contributed by atoms with van der Waals surface area (Å²) in [6.07, 6.45) is 5.04. The van der Waals surface area contributed by atoms with Crippen LogP contribution in [0, 0.1) is 27.7 Å². The molecule has 6 aromatic carbocycles. The number of fused-ring (bicyclic) bond motifs is 4. The standard InChI is InChI=1S/2C25H19O.C2H6Si.Zr/c2*1-16-7-9-20-14-22(24-12-8-17(2)26-24)15-23(20)25(16)21-11-10-18-5-3-4-6-19(18)13-21;1-3-2;/h2*3-15H,1-2H3;1-2H3;. The van der Waals surface area contributed by atoms with Crippen molar-refractivity contribution in [2.45, 2.75) is 48.0 Å². The van der Waals surface area contributed by atoms with Gasteiger partial charge in [-0.15, -0.1) is 0 Å². The average molecular weight is 820 g/mol. The molecule has 8 aromatic rings. The third-order valence-electron chi connectivity index (χ3n) is 12.1. The van der Waals surface area contributed by atoms with Gasteiger partial charge in [0, 0.05) is 0 Å². The van der Waals surface area contributed by atoms with Crippen LogP contribution in [-0.2, 0) is 20.4 Å². The molecule has 2 atom stereocenters. The summed E-state index contributed by atoms with van der Waals surface area (Å²) in [5, 5.41) is 5.09. The van der Waals surface area contributed by atoms with Gasteiger partial charge in [0.05, 0.1) is 0 Å². The van der Waals surface area contributed by atoms with Crippen molar-refractivity contribution in [1.82, 2.24) is 0 Å². The van der Waals surface area contributed by atoms with Crippen LogP contribution < -0.4 is 0 Å². The van der Waals surface area contributed by atoms with Gasteiger partial charge in [-0.05, 0) is 0 Å². The van der Waals surface area contributed by atoms with E-state index in [1.165, 1.54) is 88.3 Å². The number of hydrogen-bond donors (Lipinski definition) is 0. The summed E-state index contributed by atoms with van der Waals surface area (Å²) >= 11 is -2.69. The summed E-state index contributed by atoms with van der Waals surface area (Å²) in [5.41, 5.74) is 15.5. The molecule has 2 nitrogen and oxygen atoms in total. The van der Waals surface area contributed by atoms with Crippen molar-refractivity contribution in [3.63, 3.8) is 0 Å². The average Bonchev–Trinajstić information content (AvgIpc) is 4.00. The van der Waals surface area contributed by atoms with E-state index in [2.05, 4.69) is 186 Å². The van der Waals surface area contributed by atoms with Crippen molar-refractivity contribution in [3.05, 3.63) is 190 Å². The van der Waals surface area contributed by atoms with Crippen LogP contribution in [0.5, 0.6) is 0 Å². The van der Waals surface area contributed by atoms with Gasteiger partial charge in [-0.1, -0.05) is 0 Å². The Morgan fingerprint density at radius 2 is 0.893 bits per heavy atom. The van der Waals surface area contributed by atoms with E-state index < -0.39 is 25.8 Å². The zero-order valence-corrected chi connectivity index (χ0v) is 36.3. The molecule has 0 saturated carbocycles. The van der Waals surface area contributed by atoms with E-state index in [-0.39, 0.29) is 0 Å². The first-order chi connectivity index (χ1) is 27.2. The number of hydrogen-bond acceptors (Lipinski definition) is 2. The topological polar surface area (TPSA) is 26.3 Å². The third-order valence-corrected chi connectivity index (χ3v) is 31.3. The zero-order valence-electron chi connectivity index (χ0n) is 32.8. The number of allylic oxidation sites excluding steroid dienone is 2. The quantitative estimate of drug-likeness (QED) is 0.156. The Morgan fingerprint density at radius 3 is 1.29 bits per heavy atom. The molecule has 2 heterocycles. The van der Waals surface area contributed by atoms with Crippen molar-refractivity contribution < 1.29 is 29.2 Å². The van der Waals surface area contributed by atoms with E-state index in [0.717, 1.165) is 23.0 Å². The SMILES string of the molecule is Cc1ccc(C2=Cc3c(ccc(C)c3-c3ccc4ccccc4c3)[CH]2[Zr]([CH]2C(c3ccc(C)o3)=Cc3c2ccc(C)c3-c2ccc3ccccc3c2)=[Si](C)C)o1. The summed E-state index contributed by atoms with van der Waals surface area (Å²) in [4.78, 5) is 0. The van der Waals surface area contributed by atoms with Gasteiger partial charge in [-0.3, -0.25) is 0 Å². The normalized spacial score (nSPS) is 15.9. The second kappa shape index (κ2) is 13.9. The number of furan rings is 2. The van der Waals surface area contributed by atoms with Crippen LogP contribution in [0.4, 0.5) is 0 Å². The predicted molar refractivity (Wildman–Crippen MR) is 234 cm³/mol. The van der Waals surface area contributed by atoms with Crippen molar-refractivity contribution in [2.24, 2.45) is 0 Å². The first-order valence-corrected chi connectivity index (χ1v) is 28.8. The van der Waals surface area contributed by atoms with E-state index in [1.54, 1.807) is 0 Å². The second-order valence-corrected chi connectivity index (χ2v) is 33.9. The van der Waals surface area contributed by atoms with E-state index in [1.807, 2.05) is 0 Å². The molecular formula is C52H44O2SiZr. The Labute approximate surface area is 337 Å². The molecule has 0 amide bonds. The molecule has 2 aromatic heterocycles. The van der Waals surface area contributed by atoms with Gasteiger partial charge in [-0.2, -0.15) is 0 Å². The number of aryl methyl sites for hydroxylation is 4. The molecule has 10 rings (SSSR count). The van der Waals surface area contributed by atoms with Gasteiger partial charge in [0.1, 0.15) is 0 Å². The van der Waals surface area contributed by atoms with Crippen molar-refractivity contribution in [2.75, 3.05) is 0 Å². The summed E-state index contributed by atoms with van der Waals surface area (Å²) in [6.45, 7) is 13.9. The molecule has 272 valence electrons. The molecule has 0 aliphatic heterocycles. The predicted octanol–water partition coefficient (Wildman–Crippen LogP) is 14.5. The van der Waals surface area contributed by atoms with Crippen LogP contribution in [0.2, 0.25) is 13.1 Å². The van der Waals surface area contributed by atoms with Gasteiger partial charge in [0.25, 0.3) is 0 Å². The van der Waals surface area contributed by atoms with Crippen LogP contribution in [0.25, 0.3) is 67.1 Å².